The molecule has 0 saturated heterocycles. The molecule has 0 spiro atoms. The van der Waals surface area contributed by atoms with Crippen molar-refractivity contribution < 1.29 is 9.72 Å². The number of nitro benzene ring substituents is 1. The van der Waals surface area contributed by atoms with Crippen LogP contribution in [0.2, 0.25) is 0 Å². The van der Waals surface area contributed by atoms with E-state index in [1.54, 1.807) is 12.1 Å². The maximum absolute atomic E-state index is 12.1. The van der Waals surface area contributed by atoms with Gasteiger partial charge in [-0.05, 0) is 30.7 Å². The minimum absolute atomic E-state index is 0.0942. The topological polar surface area (TPSA) is 107 Å². The molecule has 0 fully saturated rings. The van der Waals surface area contributed by atoms with Gasteiger partial charge in [0.05, 0.1) is 10.6 Å². The Morgan fingerprint density at radius 1 is 1.14 bits per heavy atom. The summed E-state index contributed by atoms with van der Waals surface area (Å²) >= 11 is 3.38. The Hall–Kier alpha value is -3.33. The van der Waals surface area contributed by atoms with Gasteiger partial charge < -0.3 is 5.32 Å². The molecule has 0 radical (unpaired) electrons. The maximum Gasteiger partial charge on any atom is 0.271 e. The van der Waals surface area contributed by atoms with Gasteiger partial charge in [0.1, 0.15) is 0 Å². The minimum atomic E-state index is -0.522. The molecule has 9 heteroatoms. The third kappa shape index (κ3) is 5.58. The first-order chi connectivity index (χ1) is 13.9. The second kappa shape index (κ2) is 9.24. The normalized spacial score (nSPS) is 10.5. The van der Waals surface area contributed by atoms with Gasteiger partial charge in [0.2, 0.25) is 5.91 Å². The van der Waals surface area contributed by atoms with Crippen molar-refractivity contribution in [3.63, 3.8) is 0 Å². The van der Waals surface area contributed by atoms with Crippen LogP contribution < -0.4 is 10.9 Å². The van der Waals surface area contributed by atoms with Crippen LogP contribution in [0.4, 0.5) is 11.4 Å². The van der Waals surface area contributed by atoms with Gasteiger partial charge in [-0.1, -0.05) is 34.1 Å². The first kappa shape index (κ1) is 20.4. The van der Waals surface area contributed by atoms with E-state index in [9.17, 15) is 19.7 Å². The monoisotopic (exact) mass is 456 g/mol. The van der Waals surface area contributed by atoms with Crippen molar-refractivity contribution >= 4 is 33.2 Å². The molecule has 29 heavy (non-hydrogen) atoms. The molecule has 8 nitrogen and oxygen atoms in total. The fraction of sp³-hybridized carbons (Fsp3) is 0.150. The van der Waals surface area contributed by atoms with Crippen molar-refractivity contribution in [1.82, 2.24) is 9.78 Å². The van der Waals surface area contributed by atoms with Crippen LogP contribution in [0.25, 0.3) is 11.3 Å². The number of nitrogens with one attached hydrogen (secondary N) is 1. The van der Waals surface area contributed by atoms with Crippen molar-refractivity contribution in [2.75, 3.05) is 5.32 Å². The summed E-state index contributed by atoms with van der Waals surface area (Å²) in [5.74, 6) is -0.289. The number of benzene rings is 2. The Morgan fingerprint density at radius 2 is 1.90 bits per heavy atom. The lowest BCUT2D eigenvalue weighted by Gasteiger charge is -2.08. The molecular weight excluding hydrogens is 440 g/mol. The number of nitrogens with zero attached hydrogens (tertiary/aromatic N) is 3. The number of anilines is 1. The SMILES string of the molecule is O=C(CCCn1nc(-c2ccc(Br)cc2)ccc1=O)Nc1cccc([N+](=O)[O-])c1. The molecule has 0 bridgehead atoms. The van der Waals surface area contributed by atoms with Crippen LogP contribution in [0.5, 0.6) is 0 Å². The maximum atomic E-state index is 12.1. The zero-order valence-corrected chi connectivity index (χ0v) is 16.8. The minimum Gasteiger partial charge on any atom is -0.326 e. The number of hydrogen-bond acceptors (Lipinski definition) is 5. The summed E-state index contributed by atoms with van der Waals surface area (Å²) in [4.78, 5) is 34.4. The lowest BCUT2D eigenvalue weighted by molar-refractivity contribution is -0.384. The van der Waals surface area contributed by atoms with Gasteiger partial charge in [0.15, 0.2) is 0 Å². The zero-order valence-electron chi connectivity index (χ0n) is 15.2. The van der Waals surface area contributed by atoms with Gasteiger partial charge in [-0.25, -0.2) is 4.68 Å². The molecule has 3 rings (SSSR count). The second-order valence-corrected chi connectivity index (χ2v) is 7.16. The number of aryl methyl sites for hydroxylation is 1. The first-order valence-electron chi connectivity index (χ1n) is 8.81. The molecule has 0 saturated carbocycles. The van der Waals surface area contributed by atoms with Crippen molar-refractivity contribution in [3.05, 3.63) is 85.6 Å². The van der Waals surface area contributed by atoms with Crippen LogP contribution in [0.15, 0.2) is 69.9 Å². The van der Waals surface area contributed by atoms with E-state index in [0.29, 0.717) is 17.8 Å². The first-order valence-corrected chi connectivity index (χ1v) is 9.60. The summed E-state index contributed by atoms with van der Waals surface area (Å²) in [5, 5.41) is 17.8. The van der Waals surface area contributed by atoms with Crippen LogP contribution in [-0.4, -0.2) is 20.6 Å². The second-order valence-electron chi connectivity index (χ2n) is 6.25. The van der Waals surface area contributed by atoms with Gasteiger partial charge in [0, 0.05) is 46.9 Å². The van der Waals surface area contributed by atoms with Crippen LogP contribution in [0.3, 0.4) is 0 Å². The van der Waals surface area contributed by atoms with Crippen LogP contribution in [0.1, 0.15) is 12.8 Å². The number of halogens is 1. The molecule has 1 heterocycles. The molecule has 0 atom stereocenters. The molecule has 0 aliphatic rings. The Morgan fingerprint density at radius 3 is 2.62 bits per heavy atom. The van der Waals surface area contributed by atoms with E-state index < -0.39 is 4.92 Å². The number of amides is 1. The van der Waals surface area contributed by atoms with Crippen molar-refractivity contribution in [3.8, 4) is 11.3 Å². The molecule has 1 N–H and O–H groups in total. The smallest absolute Gasteiger partial charge is 0.271 e. The molecule has 0 aliphatic heterocycles. The van der Waals surface area contributed by atoms with Gasteiger partial charge in [-0.15, -0.1) is 0 Å². The number of aromatic nitrogens is 2. The highest BCUT2D eigenvalue weighted by molar-refractivity contribution is 9.10. The van der Waals surface area contributed by atoms with E-state index in [2.05, 4.69) is 26.3 Å². The molecule has 148 valence electrons. The Labute approximate surface area is 174 Å². The van der Waals surface area contributed by atoms with Gasteiger partial charge in [-0.2, -0.15) is 5.10 Å². The number of non-ortho nitro benzene ring substituents is 1. The predicted octanol–water partition coefficient (Wildman–Crippen LogP) is 4.00. The van der Waals surface area contributed by atoms with E-state index >= 15 is 0 Å². The summed E-state index contributed by atoms with van der Waals surface area (Å²) in [7, 11) is 0. The predicted molar refractivity (Wildman–Crippen MR) is 113 cm³/mol. The number of nitro groups is 1. The lowest BCUT2D eigenvalue weighted by atomic mass is 10.1. The largest absolute Gasteiger partial charge is 0.326 e. The number of carbonyl (C=O) groups is 1. The average molecular weight is 457 g/mol. The average Bonchev–Trinajstić information content (AvgIpc) is 2.70. The van der Waals surface area contributed by atoms with E-state index in [1.807, 2.05) is 24.3 Å². The molecule has 1 amide bonds. The summed E-state index contributed by atoms with van der Waals surface area (Å²) in [6, 6.07) is 16.4. The Bertz CT molecular complexity index is 1100. The van der Waals surface area contributed by atoms with Gasteiger partial charge >= 0.3 is 0 Å². The summed E-state index contributed by atoms with van der Waals surface area (Å²) in [6.45, 7) is 0.283. The Balaban J connectivity index is 1.60. The molecule has 2 aromatic carbocycles. The van der Waals surface area contributed by atoms with Crippen molar-refractivity contribution in [2.45, 2.75) is 19.4 Å². The van der Waals surface area contributed by atoms with Crippen LogP contribution in [-0.2, 0) is 11.3 Å². The van der Waals surface area contributed by atoms with Crippen LogP contribution in [0, 0.1) is 10.1 Å². The summed E-state index contributed by atoms with van der Waals surface area (Å²) in [5.41, 5.74) is 1.56. The van der Waals surface area contributed by atoms with Crippen molar-refractivity contribution in [2.24, 2.45) is 0 Å². The highest BCUT2D eigenvalue weighted by Gasteiger charge is 2.09. The highest BCUT2D eigenvalue weighted by atomic mass is 79.9. The highest BCUT2D eigenvalue weighted by Crippen LogP contribution is 2.19. The summed E-state index contributed by atoms with van der Waals surface area (Å²) in [6.07, 6.45) is 0.552. The zero-order chi connectivity index (χ0) is 20.8. The number of rotatable bonds is 7. The third-order valence-electron chi connectivity index (χ3n) is 4.12. The fourth-order valence-corrected chi connectivity index (χ4v) is 2.96. The molecular formula is C20H17BrN4O4. The third-order valence-corrected chi connectivity index (χ3v) is 4.65. The van der Waals surface area contributed by atoms with Gasteiger partial charge in [0.25, 0.3) is 11.2 Å². The summed E-state index contributed by atoms with van der Waals surface area (Å²) < 4.78 is 2.28. The lowest BCUT2D eigenvalue weighted by Crippen LogP contribution is -2.23. The van der Waals surface area contributed by atoms with E-state index in [1.165, 1.54) is 28.9 Å². The Kier molecular flexibility index (Phi) is 6.50. The van der Waals surface area contributed by atoms with Crippen LogP contribution >= 0.6 is 15.9 Å². The molecule has 0 unspecified atom stereocenters. The van der Waals surface area contributed by atoms with E-state index in [4.69, 9.17) is 0 Å². The van der Waals surface area contributed by atoms with Crippen molar-refractivity contribution in [1.29, 1.82) is 0 Å². The fourth-order valence-electron chi connectivity index (χ4n) is 2.69. The molecule has 0 aliphatic carbocycles. The van der Waals surface area contributed by atoms with Gasteiger partial charge in [-0.3, -0.25) is 19.7 Å². The standard InChI is InChI=1S/C20H17BrN4O4/c21-15-8-6-14(7-9-15)18-10-11-20(27)24(23-18)12-2-5-19(26)22-16-3-1-4-17(13-16)25(28)29/h1,3-4,6-11,13H,2,5,12H2,(H,22,26). The molecule has 3 aromatic rings. The number of hydrogen-bond donors (Lipinski definition) is 1. The van der Waals surface area contributed by atoms with E-state index in [-0.39, 0.29) is 30.1 Å². The molecule has 1 aromatic heterocycles. The van der Waals surface area contributed by atoms with E-state index in [0.717, 1.165) is 10.0 Å². The quantitative estimate of drug-likeness (QED) is 0.426. The number of carbonyl (C=O) groups excluding carboxylic acids is 1.